The van der Waals surface area contributed by atoms with Crippen LogP contribution in [-0.4, -0.2) is 12.5 Å². The summed E-state index contributed by atoms with van der Waals surface area (Å²) in [5.74, 6) is -0.0101. The first-order valence-corrected chi connectivity index (χ1v) is 7.13. The molecule has 1 aromatic heterocycles. The van der Waals surface area contributed by atoms with E-state index < -0.39 is 0 Å². The number of amides is 1. The van der Waals surface area contributed by atoms with Gasteiger partial charge in [0.25, 0.3) is 5.91 Å². The lowest BCUT2D eigenvalue weighted by molar-refractivity contribution is 0.0955. The van der Waals surface area contributed by atoms with E-state index in [0.717, 1.165) is 21.7 Å². The molecule has 0 bridgehead atoms. The second kappa shape index (κ2) is 6.50. The van der Waals surface area contributed by atoms with Crippen molar-refractivity contribution in [3.05, 3.63) is 57.3 Å². The fourth-order valence-electron chi connectivity index (χ4n) is 1.82. The Hall–Kier alpha value is -1.65. The Labute approximate surface area is 117 Å². The quantitative estimate of drug-likeness (QED) is 0.880. The molecule has 0 aliphatic carbocycles. The van der Waals surface area contributed by atoms with E-state index in [4.69, 9.17) is 5.73 Å². The van der Waals surface area contributed by atoms with Gasteiger partial charge in [0.1, 0.15) is 0 Å². The molecule has 0 aliphatic heterocycles. The molecule has 100 valence electrons. The minimum atomic E-state index is -0.0101. The van der Waals surface area contributed by atoms with E-state index in [-0.39, 0.29) is 5.91 Å². The summed E-state index contributed by atoms with van der Waals surface area (Å²) in [6.07, 6.45) is 0.890. The molecule has 0 unspecified atom stereocenters. The Bertz CT molecular complexity index is 546. The van der Waals surface area contributed by atoms with Crippen molar-refractivity contribution in [2.75, 3.05) is 6.54 Å². The van der Waals surface area contributed by atoms with Crippen LogP contribution in [0.5, 0.6) is 0 Å². The van der Waals surface area contributed by atoms with Gasteiger partial charge in [-0.1, -0.05) is 24.3 Å². The highest BCUT2D eigenvalue weighted by atomic mass is 32.1. The number of nitrogens with one attached hydrogen (secondary N) is 1. The summed E-state index contributed by atoms with van der Waals surface area (Å²) in [5.41, 5.74) is 7.84. The van der Waals surface area contributed by atoms with Crippen LogP contribution in [0.3, 0.4) is 0 Å². The molecule has 0 saturated carbocycles. The van der Waals surface area contributed by atoms with E-state index in [1.807, 2.05) is 31.2 Å². The zero-order chi connectivity index (χ0) is 13.7. The van der Waals surface area contributed by atoms with Gasteiger partial charge in [-0.25, -0.2) is 0 Å². The van der Waals surface area contributed by atoms with Gasteiger partial charge in [0.2, 0.25) is 0 Å². The third kappa shape index (κ3) is 3.91. The molecule has 3 N–H and O–H groups in total. The maximum atomic E-state index is 11.9. The summed E-state index contributed by atoms with van der Waals surface area (Å²) >= 11 is 1.51. The number of thiophene rings is 1. The molecule has 0 aliphatic rings. The normalized spacial score (nSPS) is 10.4. The molecular formula is C15H18N2OS. The summed E-state index contributed by atoms with van der Waals surface area (Å²) in [6, 6.07) is 12.0. The Morgan fingerprint density at radius 2 is 1.84 bits per heavy atom. The second-order valence-corrected chi connectivity index (χ2v) is 5.74. The van der Waals surface area contributed by atoms with Crippen LogP contribution in [-0.2, 0) is 13.0 Å². The first-order valence-electron chi connectivity index (χ1n) is 6.31. The number of aryl methyl sites for hydroxylation is 1. The summed E-state index contributed by atoms with van der Waals surface area (Å²) in [6.45, 7) is 3.21. The van der Waals surface area contributed by atoms with Gasteiger partial charge in [0.15, 0.2) is 0 Å². The highest BCUT2D eigenvalue weighted by molar-refractivity contribution is 7.13. The van der Waals surface area contributed by atoms with Crippen molar-refractivity contribution in [2.45, 2.75) is 19.9 Å². The van der Waals surface area contributed by atoms with Crippen LogP contribution < -0.4 is 11.1 Å². The van der Waals surface area contributed by atoms with Gasteiger partial charge >= 0.3 is 0 Å². The zero-order valence-corrected chi connectivity index (χ0v) is 11.8. The summed E-state index contributed by atoms with van der Waals surface area (Å²) in [5, 5.41) is 2.93. The van der Waals surface area contributed by atoms with E-state index in [0.29, 0.717) is 13.1 Å². The van der Waals surface area contributed by atoms with Gasteiger partial charge < -0.3 is 11.1 Å². The van der Waals surface area contributed by atoms with Crippen molar-refractivity contribution in [2.24, 2.45) is 5.73 Å². The Morgan fingerprint density at radius 3 is 2.42 bits per heavy atom. The van der Waals surface area contributed by atoms with E-state index in [1.54, 1.807) is 0 Å². The maximum Gasteiger partial charge on any atom is 0.261 e. The van der Waals surface area contributed by atoms with Crippen LogP contribution in [0.1, 0.15) is 25.7 Å². The molecule has 4 heteroatoms. The lowest BCUT2D eigenvalue weighted by atomic mass is 10.1. The van der Waals surface area contributed by atoms with Crippen LogP contribution >= 0.6 is 11.3 Å². The minimum absolute atomic E-state index is 0.0101. The number of benzene rings is 1. The molecular weight excluding hydrogens is 256 g/mol. The fraction of sp³-hybridized carbons (Fsp3) is 0.267. The number of nitrogens with two attached hydrogens (primary N) is 1. The number of carbonyl (C=O) groups is 1. The summed E-state index contributed by atoms with van der Waals surface area (Å²) in [7, 11) is 0. The van der Waals surface area contributed by atoms with Gasteiger partial charge in [-0.3, -0.25) is 4.79 Å². The third-order valence-electron chi connectivity index (χ3n) is 2.87. The van der Waals surface area contributed by atoms with Crippen molar-refractivity contribution < 1.29 is 4.79 Å². The molecule has 1 heterocycles. The fourth-order valence-corrected chi connectivity index (χ4v) is 2.60. The number of hydrogen-bond donors (Lipinski definition) is 2. The van der Waals surface area contributed by atoms with Gasteiger partial charge in [-0.05, 0) is 43.1 Å². The van der Waals surface area contributed by atoms with Gasteiger partial charge in [-0.2, -0.15) is 0 Å². The molecule has 19 heavy (non-hydrogen) atoms. The van der Waals surface area contributed by atoms with Crippen molar-refractivity contribution in [1.29, 1.82) is 0 Å². The third-order valence-corrected chi connectivity index (χ3v) is 3.87. The SMILES string of the molecule is Cc1ccc(C(=O)NCc2ccc(CCN)cc2)s1. The van der Waals surface area contributed by atoms with Crippen molar-refractivity contribution >= 4 is 17.2 Å². The minimum Gasteiger partial charge on any atom is -0.347 e. The second-order valence-electron chi connectivity index (χ2n) is 4.45. The molecule has 0 atom stereocenters. The molecule has 2 rings (SSSR count). The molecule has 1 aromatic carbocycles. The van der Waals surface area contributed by atoms with E-state index >= 15 is 0 Å². The molecule has 0 fully saturated rings. The number of hydrogen-bond acceptors (Lipinski definition) is 3. The highest BCUT2D eigenvalue weighted by Gasteiger charge is 2.07. The number of rotatable bonds is 5. The van der Waals surface area contributed by atoms with Crippen molar-refractivity contribution in [3.63, 3.8) is 0 Å². The molecule has 1 amide bonds. The highest BCUT2D eigenvalue weighted by Crippen LogP contribution is 2.14. The Morgan fingerprint density at radius 1 is 1.16 bits per heavy atom. The monoisotopic (exact) mass is 274 g/mol. The van der Waals surface area contributed by atoms with Crippen LogP contribution in [0.2, 0.25) is 0 Å². The molecule has 3 nitrogen and oxygen atoms in total. The van der Waals surface area contributed by atoms with Gasteiger partial charge in [-0.15, -0.1) is 11.3 Å². The lowest BCUT2D eigenvalue weighted by Gasteiger charge is -2.05. The first-order chi connectivity index (χ1) is 9.19. The van der Waals surface area contributed by atoms with Crippen LogP contribution in [0.4, 0.5) is 0 Å². The van der Waals surface area contributed by atoms with Crippen molar-refractivity contribution in [1.82, 2.24) is 5.32 Å². The molecule has 0 radical (unpaired) electrons. The molecule has 0 spiro atoms. The standard InChI is InChI=1S/C15H18N2OS/c1-11-2-7-14(19-11)15(18)17-10-13-5-3-12(4-6-13)8-9-16/h2-7H,8-10,16H2,1H3,(H,17,18). The van der Waals surface area contributed by atoms with Gasteiger partial charge in [0, 0.05) is 11.4 Å². The van der Waals surface area contributed by atoms with E-state index in [9.17, 15) is 4.79 Å². The summed E-state index contributed by atoms with van der Waals surface area (Å²) < 4.78 is 0. The van der Waals surface area contributed by atoms with Crippen LogP contribution in [0.25, 0.3) is 0 Å². The Kier molecular flexibility index (Phi) is 4.71. The predicted octanol–water partition coefficient (Wildman–Crippen LogP) is 2.49. The zero-order valence-electron chi connectivity index (χ0n) is 11.0. The predicted molar refractivity (Wildman–Crippen MR) is 79.4 cm³/mol. The maximum absolute atomic E-state index is 11.9. The summed E-state index contributed by atoms with van der Waals surface area (Å²) in [4.78, 5) is 13.8. The Balaban J connectivity index is 1.89. The largest absolute Gasteiger partial charge is 0.347 e. The van der Waals surface area contributed by atoms with Gasteiger partial charge in [0.05, 0.1) is 4.88 Å². The average molecular weight is 274 g/mol. The first kappa shape index (κ1) is 13.8. The van der Waals surface area contributed by atoms with E-state index in [2.05, 4.69) is 17.4 Å². The van der Waals surface area contributed by atoms with Crippen LogP contribution in [0, 0.1) is 6.92 Å². The van der Waals surface area contributed by atoms with Crippen LogP contribution in [0.15, 0.2) is 36.4 Å². The van der Waals surface area contributed by atoms with E-state index in [1.165, 1.54) is 16.9 Å². The number of carbonyl (C=O) groups excluding carboxylic acids is 1. The van der Waals surface area contributed by atoms with Crippen molar-refractivity contribution in [3.8, 4) is 0 Å². The lowest BCUT2D eigenvalue weighted by Crippen LogP contribution is -2.21. The topological polar surface area (TPSA) is 55.1 Å². The molecule has 2 aromatic rings. The molecule has 0 saturated heterocycles. The average Bonchev–Trinajstić information content (AvgIpc) is 2.85. The smallest absolute Gasteiger partial charge is 0.261 e.